The molecule has 1 aliphatic rings. The number of hydrogen-bond acceptors (Lipinski definition) is 3. The zero-order valence-corrected chi connectivity index (χ0v) is 20.3. The lowest BCUT2D eigenvalue weighted by atomic mass is 9.77. The second-order valence-corrected chi connectivity index (χ2v) is 14.4. The molecule has 0 N–H and O–H groups in total. The lowest BCUT2D eigenvalue weighted by molar-refractivity contribution is -0.0360. The van der Waals surface area contributed by atoms with E-state index in [0.717, 1.165) is 43.6 Å². The molecule has 29 heavy (non-hydrogen) atoms. The molecule has 0 fully saturated rings. The maximum Gasteiger partial charge on any atom is 0.191 e. The Hall–Kier alpha value is -1.36. The third-order valence-corrected chi connectivity index (χ3v) is 11.2. The molecule has 0 radical (unpaired) electrons. The second kappa shape index (κ2) is 10.1. The van der Waals surface area contributed by atoms with E-state index in [0.29, 0.717) is 12.5 Å². The molecule has 1 aromatic carbocycles. The van der Waals surface area contributed by atoms with Gasteiger partial charge in [-0.2, -0.15) is 0 Å². The van der Waals surface area contributed by atoms with Crippen LogP contribution in [0, 0.1) is 5.92 Å². The fourth-order valence-corrected chi connectivity index (χ4v) is 4.65. The van der Waals surface area contributed by atoms with Gasteiger partial charge in [0.05, 0.1) is 13.7 Å². The maximum atomic E-state index is 6.47. The van der Waals surface area contributed by atoms with E-state index in [1.54, 1.807) is 7.11 Å². The number of rotatable bonds is 10. The van der Waals surface area contributed by atoms with Crippen LogP contribution in [-0.2, 0) is 15.8 Å². The zero-order chi connectivity index (χ0) is 21.5. The maximum absolute atomic E-state index is 6.47. The Morgan fingerprint density at radius 3 is 2.48 bits per heavy atom. The number of hydrogen-bond donors (Lipinski definition) is 0. The smallest absolute Gasteiger partial charge is 0.191 e. The van der Waals surface area contributed by atoms with E-state index in [-0.39, 0.29) is 5.04 Å². The normalized spacial score (nSPS) is 22.5. The van der Waals surface area contributed by atoms with Gasteiger partial charge in [0, 0.05) is 6.61 Å². The minimum absolute atomic E-state index is 0.257. The quantitative estimate of drug-likeness (QED) is 0.236. The summed E-state index contributed by atoms with van der Waals surface area (Å²) in [4.78, 5) is 0. The molecule has 0 aromatic heterocycles. The summed E-state index contributed by atoms with van der Waals surface area (Å²) in [6.07, 6.45) is 10.8. The molecule has 0 bridgehead atoms. The van der Waals surface area contributed by atoms with Crippen LogP contribution in [0.2, 0.25) is 18.1 Å². The second-order valence-electron chi connectivity index (χ2n) is 9.62. The van der Waals surface area contributed by atoms with Crippen molar-refractivity contribution in [2.24, 2.45) is 5.92 Å². The van der Waals surface area contributed by atoms with E-state index in [4.69, 9.17) is 13.9 Å². The third kappa shape index (κ3) is 6.31. The van der Waals surface area contributed by atoms with Gasteiger partial charge in [0.1, 0.15) is 11.4 Å². The summed E-state index contributed by atoms with van der Waals surface area (Å²) in [6.45, 7) is 17.0. The molecule has 1 aromatic rings. The van der Waals surface area contributed by atoms with Crippen LogP contribution >= 0.6 is 0 Å². The summed E-state index contributed by atoms with van der Waals surface area (Å²) >= 11 is 0. The number of ether oxygens (including phenoxy) is 2. The molecule has 0 spiro atoms. The van der Waals surface area contributed by atoms with Gasteiger partial charge >= 0.3 is 0 Å². The van der Waals surface area contributed by atoms with Crippen molar-refractivity contribution >= 4 is 8.32 Å². The Kier molecular flexibility index (Phi) is 8.33. The molecule has 0 amide bonds. The van der Waals surface area contributed by atoms with Crippen LogP contribution in [0.1, 0.15) is 52.0 Å². The average Bonchev–Trinajstić information content (AvgIpc) is 2.70. The predicted molar refractivity (Wildman–Crippen MR) is 125 cm³/mol. The molecule has 0 unspecified atom stereocenters. The van der Waals surface area contributed by atoms with E-state index in [1.807, 2.05) is 18.2 Å². The molecule has 2 atom stereocenters. The molecule has 2 rings (SSSR count). The predicted octanol–water partition coefficient (Wildman–Crippen LogP) is 6.90. The van der Waals surface area contributed by atoms with Crippen LogP contribution in [0.25, 0.3) is 0 Å². The first-order chi connectivity index (χ1) is 13.6. The highest BCUT2D eigenvalue weighted by molar-refractivity contribution is 6.74. The van der Waals surface area contributed by atoms with Crippen LogP contribution in [0.5, 0.6) is 5.75 Å². The Morgan fingerprint density at radius 1 is 1.21 bits per heavy atom. The number of allylic oxidation sites excluding steroid dienone is 1. The van der Waals surface area contributed by atoms with Crippen molar-refractivity contribution < 1.29 is 13.9 Å². The molecule has 0 saturated carbocycles. The molecule has 1 aliphatic carbocycles. The first kappa shape index (κ1) is 23.9. The van der Waals surface area contributed by atoms with Gasteiger partial charge in [-0.25, -0.2) is 0 Å². The molecular weight excluding hydrogens is 376 g/mol. The van der Waals surface area contributed by atoms with Crippen molar-refractivity contribution in [3.63, 3.8) is 0 Å². The van der Waals surface area contributed by atoms with Gasteiger partial charge in [0.2, 0.25) is 0 Å². The van der Waals surface area contributed by atoms with Gasteiger partial charge in [-0.3, -0.25) is 0 Å². The topological polar surface area (TPSA) is 27.7 Å². The molecule has 3 nitrogen and oxygen atoms in total. The summed E-state index contributed by atoms with van der Waals surface area (Å²) < 4.78 is 18.1. The fourth-order valence-electron chi connectivity index (χ4n) is 3.56. The lowest BCUT2D eigenvalue weighted by Crippen LogP contribution is -2.41. The first-order valence-electron chi connectivity index (χ1n) is 10.9. The molecule has 0 heterocycles. The molecule has 0 saturated heterocycles. The molecule has 4 heteroatoms. The first-order valence-corrected chi connectivity index (χ1v) is 13.8. The van der Waals surface area contributed by atoms with Crippen molar-refractivity contribution in [3.8, 4) is 5.75 Å². The summed E-state index contributed by atoms with van der Waals surface area (Å²) in [5, 5.41) is 0.257. The summed E-state index contributed by atoms with van der Waals surface area (Å²) in [5.41, 5.74) is 0.751. The minimum atomic E-state index is -1.68. The fraction of sp³-hybridized carbons (Fsp3) is 0.600. The van der Waals surface area contributed by atoms with Crippen LogP contribution in [-0.4, -0.2) is 27.6 Å². The Bertz CT molecular complexity index is 672. The average molecular weight is 417 g/mol. The SMILES string of the molecule is C=C[C@@]1(OCc2ccc(OC)cc2)C=CCC[C@H]1CCCO[Si](C)(C)C(C)(C)C. The van der Waals surface area contributed by atoms with Crippen LogP contribution < -0.4 is 4.74 Å². The monoisotopic (exact) mass is 416 g/mol. The molecular formula is C25H40O3Si. The highest BCUT2D eigenvalue weighted by Gasteiger charge is 2.38. The lowest BCUT2D eigenvalue weighted by Gasteiger charge is -2.39. The highest BCUT2D eigenvalue weighted by atomic mass is 28.4. The zero-order valence-electron chi connectivity index (χ0n) is 19.3. The number of benzene rings is 1. The van der Waals surface area contributed by atoms with Gasteiger partial charge in [-0.05, 0) is 67.4 Å². The van der Waals surface area contributed by atoms with Crippen molar-refractivity contribution in [1.29, 1.82) is 0 Å². The van der Waals surface area contributed by atoms with Gasteiger partial charge < -0.3 is 13.9 Å². The van der Waals surface area contributed by atoms with Crippen molar-refractivity contribution in [2.75, 3.05) is 13.7 Å². The Morgan fingerprint density at radius 2 is 1.90 bits per heavy atom. The van der Waals surface area contributed by atoms with E-state index < -0.39 is 13.9 Å². The van der Waals surface area contributed by atoms with E-state index in [9.17, 15) is 0 Å². The molecule has 0 aliphatic heterocycles. The summed E-state index contributed by atoms with van der Waals surface area (Å²) in [7, 11) is 0.00652. The number of methoxy groups -OCH3 is 1. The largest absolute Gasteiger partial charge is 0.497 e. The standard InChI is InChI=1S/C25H40O3Si/c1-8-25(27-20-21-14-16-23(26-5)17-15-21)18-10-9-12-22(25)13-11-19-28-29(6,7)24(2,3)4/h8,10,14-18,22H,1,9,11-13,19-20H2,2-7H3/t22-,25+/m0/s1. The van der Waals surface area contributed by atoms with Crippen molar-refractivity contribution in [2.45, 2.75) is 76.8 Å². The summed E-state index contributed by atoms with van der Waals surface area (Å²) in [5.74, 6) is 1.30. The van der Waals surface area contributed by atoms with E-state index >= 15 is 0 Å². The van der Waals surface area contributed by atoms with E-state index in [1.165, 1.54) is 0 Å². The van der Waals surface area contributed by atoms with Crippen molar-refractivity contribution in [1.82, 2.24) is 0 Å². The highest BCUT2D eigenvalue weighted by Crippen LogP contribution is 2.39. The summed E-state index contributed by atoms with van der Waals surface area (Å²) in [6, 6.07) is 8.08. The Balaban J connectivity index is 1.95. The van der Waals surface area contributed by atoms with Gasteiger partial charge in [-0.1, -0.05) is 57.7 Å². The Labute approximate surface area is 179 Å². The van der Waals surface area contributed by atoms with E-state index in [2.05, 4.69) is 64.7 Å². The minimum Gasteiger partial charge on any atom is -0.497 e. The van der Waals surface area contributed by atoms with Gasteiger partial charge in [0.25, 0.3) is 0 Å². The van der Waals surface area contributed by atoms with Crippen LogP contribution in [0.3, 0.4) is 0 Å². The third-order valence-electron chi connectivity index (χ3n) is 6.63. The van der Waals surface area contributed by atoms with Crippen LogP contribution in [0.4, 0.5) is 0 Å². The van der Waals surface area contributed by atoms with Gasteiger partial charge in [0.15, 0.2) is 8.32 Å². The van der Waals surface area contributed by atoms with Crippen molar-refractivity contribution in [3.05, 3.63) is 54.6 Å². The van der Waals surface area contributed by atoms with Gasteiger partial charge in [-0.15, -0.1) is 0 Å². The molecule has 162 valence electrons. The van der Waals surface area contributed by atoms with Crippen LogP contribution in [0.15, 0.2) is 49.1 Å².